The summed E-state index contributed by atoms with van der Waals surface area (Å²) in [4.78, 5) is 0. The first kappa shape index (κ1) is 19.2. The van der Waals surface area contributed by atoms with E-state index in [2.05, 4.69) is 51.1 Å². The van der Waals surface area contributed by atoms with Crippen LogP contribution in [0, 0.1) is 5.92 Å². The summed E-state index contributed by atoms with van der Waals surface area (Å²) in [6.07, 6.45) is 13.3. The van der Waals surface area contributed by atoms with Crippen LogP contribution in [-0.2, 0) is 6.42 Å². The normalized spacial score (nSPS) is 15.5. The highest BCUT2D eigenvalue weighted by Gasteiger charge is 2.26. The van der Waals surface area contributed by atoms with Crippen LogP contribution in [0.2, 0.25) is 0 Å². The van der Waals surface area contributed by atoms with Gasteiger partial charge in [-0.05, 0) is 31.2 Å². The molecule has 0 aliphatic carbocycles. The molecule has 1 heteroatoms. The van der Waals surface area contributed by atoms with Crippen molar-refractivity contribution in [2.75, 3.05) is 0 Å². The smallest absolute Gasteiger partial charge is 0.0192 e. The number of nitrogens with two attached hydrogens (primary N) is 1. The number of benzene rings is 1. The molecule has 1 nitrogen and oxygen atoms in total. The average molecular weight is 304 g/mol. The molecule has 1 aromatic rings. The highest BCUT2D eigenvalue weighted by Crippen LogP contribution is 2.24. The van der Waals surface area contributed by atoms with Gasteiger partial charge in [0.1, 0.15) is 0 Å². The van der Waals surface area contributed by atoms with Crippen LogP contribution >= 0.6 is 0 Å². The molecular formula is C21H37N. The summed E-state index contributed by atoms with van der Waals surface area (Å²) < 4.78 is 0. The minimum atomic E-state index is -0.0948. The van der Waals surface area contributed by atoms with Crippen molar-refractivity contribution in [3.63, 3.8) is 0 Å². The molecule has 2 N–H and O–H groups in total. The molecule has 0 radical (unpaired) electrons. The fourth-order valence-electron chi connectivity index (χ4n) is 3.12. The van der Waals surface area contributed by atoms with E-state index >= 15 is 0 Å². The first-order valence-electron chi connectivity index (χ1n) is 9.39. The van der Waals surface area contributed by atoms with Crippen molar-refractivity contribution in [3.8, 4) is 0 Å². The Balaban J connectivity index is 2.16. The fraction of sp³-hybridized carbons (Fsp3) is 0.714. The molecule has 0 heterocycles. The Bertz CT molecular complexity index is 369. The minimum absolute atomic E-state index is 0.0948. The molecule has 0 saturated heterocycles. The first-order valence-corrected chi connectivity index (χ1v) is 9.39. The highest BCUT2D eigenvalue weighted by molar-refractivity contribution is 5.17. The van der Waals surface area contributed by atoms with Gasteiger partial charge in [0.05, 0.1) is 0 Å². The second kappa shape index (κ2) is 10.8. The Hall–Kier alpha value is -0.820. The number of hydrogen-bond acceptors (Lipinski definition) is 1. The van der Waals surface area contributed by atoms with Gasteiger partial charge in [-0.2, -0.15) is 0 Å². The molecule has 1 aromatic carbocycles. The van der Waals surface area contributed by atoms with Gasteiger partial charge in [0.2, 0.25) is 0 Å². The number of rotatable bonds is 12. The molecule has 0 aliphatic heterocycles. The van der Waals surface area contributed by atoms with Crippen molar-refractivity contribution in [2.24, 2.45) is 11.7 Å². The van der Waals surface area contributed by atoms with Gasteiger partial charge in [0.25, 0.3) is 0 Å². The van der Waals surface area contributed by atoms with Gasteiger partial charge in [-0.3, -0.25) is 0 Å². The second-order valence-electron chi connectivity index (χ2n) is 7.33. The van der Waals surface area contributed by atoms with Crippen LogP contribution in [0.25, 0.3) is 0 Å². The van der Waals surface area contributed by atoms with Crippen molar-refractivity contribution in [1.29, 1.82) is 0 Å². The maximum absolute atomic E-state index is 6.59. The molecule has 0 fully saturated rings. The monoisotopic (exact) mass is 303 g/mol. The largest absolute Gasteiger partial charge is 0.325 e. The number of unbranched alkanes of at least 4 members (excludes halogenated alkanes) is 7. The van der Waals surface area contributed by atoms with Gasteiger partial charge in [-0.1, -0.05) is 95.5 Å². The zero-order valence-corrected chi connectivity index (χ0v) is 15.1. The van der Waals surface area contributed by atoms with E-state index in [0.717, 1.165) is 6.42 Å². The van der Waals surface area contributed by atoms with Crippen LogP contribution < -0.4 is 5.73 Å². The van der Waals surface area contributed by atoms with E-state index in [4.69, 9.17) is 5.73 Å². The fourth-order valence-corrected chi connectivity index (χ4v) is 3.12. The third-order valence-corrected chi connectivity index (χ3v) is 5.04. The summed E-state index contributed by atoms with van der Waals surface area (Å²) in [6.45, 7) is 6.82. The summed E-state index contributed by atoms with van der Waals surface area (Å²) >= 11 is 0. The molecule has 0 aliphatic rings. The van der Waals surface area contributed by atoms with E-state index in [9.17, 15) is 0 Å². The van der Waals surface area contributed by atoms with Gasteiger partial charge in [0, 0.05) is 5.54 Å². The molecule has 2 unspecified atom stereocenters. The standard InChI is InChI=1S/C21H37N/c1-4-5-6-7-8-9-10-12-15-19(2)21(3,22)18-20-16-13-11-14-17-20/h11,13-14,16-17,19H,4-10,12,15,18,22H2,1-3H3. The van der Waals surface area contributed by atoms with Crippen molar-refractivity contribution in [3.05, 3.63) is 35.9 Å². The summed E-state index contributed by atoms with van der Waals surface area (Å²) in [6, 6.07) is 10.7. The van der Waals surface area contributed by atoms with E-state index < -0.39 is 0 Å². The maximum atomic E-state index is 6.59. The van der Waals surface area contributed by atoms with Crippen molar-refractivity contribution in [1.82, 2.24) is 0 Å². The summed E-state index contributed by atoms with van der Waals surface area (Å²) in [5.74, 6) is 0.577. The lowest BCUT2D eigenvalue weighted by molar-refractivity contribution is 0.289. The van der Waals surface area contributed by atoms with E-state index in [1.165, 1.54) is 63.4 Å². The van der Waals surface area contributed by atoms with Crippen molar-refractivity contribution in [2.45, 2.75) is 90.5 Å². The first-order chi connectivity index (χ1) is 10.6. The Morgan fingerprint density at radius 2 is 1.45 bits per heavy atom. The Kier molecular flexibility index (Phi) is 9.47. The van der Waals surface area contributed by atoms with Gasteiger partial charge >= 0.3 is 0 Å². The van der Waals surface area contributed by atoms with Crippen molar-refractivity contribution >= 4 is 0 Å². The summed E-state index contributed by atoms with van der Waals surface area (Å²) in [5, 5.41) is 0. The van der Waals surface area contributed by atoms with Gasteiger partial charge < -0.3 is 5.73 Å². The van der Waals surface area contributed by atoms with Crippen LogP contribution in [0.4, 0.5) is 0 Å². The van der Waals surface area contributed by atoms with Gasteiger partial charge in [0.15, 0.2) is 0 Å². The molecular weight excluding hydrogens is 266 g/mol. The predicted octanol–water partition coefficient (Wildman–Crippen LogP) is 6.11. The van der Waals surface area contributed by atoms with Crippen LogP contribution in [0.1, 0.15) is 84.1 Å². The Labute approximate surface area is 138 Å². The van der Waals surface area contributed by atoms with E-state index in [1.54, 1.807) is 0 Å². The van der Waals surface area contributed by atoms with Gasteiger partial charge in [-0.15, -0.1) is 0 Å². The Morgan fingerprint density at radius 1 is 0.909 bits per heavy atom. The second-order valence-corrected chi connectivity index (χ2v) is 7.33. The van der Waals surface area contributed by atoms with Crippen molar-refractivity contribution < 1.29 is 0 Å². The maximum Gasteiger partial charge on any atom is 0.0192 e. The van der Waals surface area contributed by atoms with Crippen LogP contribution in [0.15, 0.2) is 30.3 Å². The van der Waals surface area contributed by atoms with Crippen LogP contribution in [0.3, 0.4) is 0 Å². The van der Waals surface area contributed by atoms with E-state index in [1.807, 2.05) is 0 Å². The molecule has 2 atom stereocenters. The summed E-state index contributed by atoms with van der Waals surface area (Å²) in [5.41, 5.74) is 7.85. The summed E-state index contributed by atoms with van der Waals surface area (Å²) in [7, 11) is 0. The molecule has 0 bridgehead atoms. The third kappa shape index (κ3) is 7.98. The quantitative estimate of drug-likeness (QED) is 0.463. The van der Waals surface area contributed by atoms with Crippen LogP contribution in [-0.4, -0.2) is 5.54 Å². The Morgan fingerprint density at radius 3 is 2.05 bits per heavy atom. The van der Waals surface area contributed by atoms with Gasteiger partial charge in [-0.25, -0.2) is 0 Å². The zero-order valence-electron chi connectivity index (χ0n) is 15.1. The predicted molar refractivity (Wildman–Crippen MR) is 99.1 cm³/mol. The lowest BCUT2D eigenvalue weighted by Crippen LogP contribution is -2.45. The highest BCUT2D eigenvalue weighted by atomic mass is 14.7. The molecule has 22 heavy (non-hydrogen) atoms. The molecule has 0 saturated carbocycles. The lowest BCUT2D eigenvalue weighted by atomic mass is 9.79. The third-order valence-electron chi connectivity index (χ3n) is 5.04. The molecule has 0 spiro atoms. The average Bonchev–Trinajstić information content (AvgIpc) is 2.50. The van der Waals surface area contributed by atoms with Crippen LogP contribution in [0.5, 0.6) is 0 Å². The SMILES string of the molecule is CCCCCCCCCCC(C)C(C)(N)Cc1ccccc1. The molecule has 126 valence electrons. The zero-order chi connectivity index (χ0) is 16.3. The molecule has 0 amide bonds. The lowest BCUT2D eigenvalue weighted by Gasteiger charge is -2.32. The molecule has 0 aromatic heterocycles. The van der Waals surface area contributed by atoms with E-state index in [-0.39, 0.29) is 5.54 Å². The topological polar surface area (TPSA) is 26.0 Å². The number of hydrogen-bond donors (Lipinski definition) is 1. The molecule has 1 rings (SSSR count). The van der Waals surface area contributed by atoms with E-state index in [0.29, 0.717) is 5.92 Å². The minimum Gasteiger partial charge on any atom is -0.325 e.